The van der Waals surface area contributed by atoms with Crippen molar-refractivity contribution in [2.24, 2.45) is 11.7 Å². The molecular formula is C15H24N2O2. The molecule has 0 aliphatic rings. The van der Waals surface area contributed by atoms with Gasteiger partial charge in [-0.15, -0.1) is 0 Å². The van der Waals surface area contributed by atoms with Gasteiger partial charge in [0.15, 0.2) is 0 Å². The molecule has 0 aromatic heterocycles. The Labute approximate surface area is 115 Å². The van der Waals surface area contributed by atoms with Gasteiger partial charge in [-0.25, -0.2) is 0 Å². The molecule has 0 spiro atoms. The topological polar surface area (TPSA) is 55.6 Å². The van der Waals surface area contributed by atoms with E-state index in [9.17, 15) is 4.79 Å². The third-order valence-electron chi connectivity index (χ3n) is 3.33. The Morgan fingerprint density at radius 2 is 2.00 bits per heavy atom. The third-order valence-corrected chi connectivity index (χ3v) is 3.33. The van der Waals surface area contributed by atoms with Crippen LogP contribution in [0.25, 0.3) is 0 Å². The number of aryl methyl sites for hydroxylation is 1. The number of ether oxygens (including phenoxy) is 1. The highest BCUT2D eigenvalue weighted by Crippen LogP contribution is 2.16. The van der Waals surface area contributed by atoms with Crippen LogP contribution in [0.3, 0.4) is 0 Å². The fourth-order valence-electron chi connectivity index (χ4n) is 1.69. The lowest BCUT2D eigenvalue weighted by atomic mass is 10.0. The van der Waals surface area contributed by atoms with E-state index in [0.717, 1.165) is 11.3 Å². The lowest BCUT2D eigenvalue weighted by Crippen LogP contribution is -2.41. The minimum atomic E-state index is -0.163. The van der Waals surface area contributed by atoms with Crippen LogP contribution < -0.4 is 10.5 Å². The molecule has 19 heavy (non-hydrogen) atoms. The van der Waals surface area contributed by atoms with Crippen LogP contribution >= 0.6 is 0 Å². The molecule has 2 unspecified atom stereocenters. The number of rotatable bonds is 6. The Kier molecular flexibility index (Phi) is 5.83. The summed E-state index contributed by atoms with van der Waals surface area (Å²) in [6, 6.07) is 7.72. The van der Waals surface area contributed by atoms with Gasteiger partial charge in [-0.2, -0.15) is 0 Å². The lowest BCUT2D eigenvalue weighted by molar-refractivity contribution is -0.134. The molecule has 106 valence electrons. The molecule has 0 saturated carbocycles. The van der Waals surface area contributed by atoms with Crippen LogP contribution in [0.5, 0.6) is 5.75 Å². The SMILES string of the molecule is Cc1ccccc1OCCN(C)C(=O)C(C)C(C)N. The molecule has 4 heteroatoms. The normalized spacial score (nSPS) is 13.7. The van der Waals surface area contributed by atoms with E-state index in [1.165, 1.54) is 0 Å². The first kappa shape index (κ1) is 15.5. The summed E-state index contributed by atoms with van der Waals surface area (Å²) in [5.74, 6) is 0.760. The molecule has 1 aromatic rings. The quantitative estimate of drug-likeness (QED) is 0.852. The van der Waals surface area contributed by atoms with E-state index in [0.29, 0.717) is 13.2 Å². The first-order valence-corrected chi connectivity index (χ1v) is 6.62. The van der Waals surface area contributed by atoms with E-state index in [-0.39, 0.29) is 17.9 Å². The zero-order valence-electron chi connectivity index (χ0n) is 12.2. The van der Waals surface area contributed by atoms with Crippen LogP contribution in [-0.2, 0) is 4.79 Å². The van der Waals surface area contributed by atoms with E-state index in [2.05, 4.69) is 0 Å². The van der Waals surface area contributed by atoms with Crippen molar-refractivity contribution in [3.05, 3.63) is 29.8 Å². The molecule has 0 bridgehead atoms. The minimum Gasteiger partial charge on any atom is -0.491 e. The predicted molar refractivity (Wildman–Crippen MR) is 77.1 cm³/mol. The van der Waals surface area contributed by atoms with Crippen LogP contribution in [0, 0.1) is 12.8 Å². The number of benzene rings is 1. The Morgan fingerprint density at radius 1 is 1.37 bits per heavy atom. The average molecular weight is 264 g/mol. The summed E-state index contributed by atoms with van der Waals surface area (Å²) in [6.07, 6.45) is 0. The zero-order valence-corrected chi connectivity index (χ0v) is 12.2. The van der Waals surface area contributed by atoms with E-state index < -0.39 is 0 Å². The first-order valence-electron chi connectivity index (χ1n) is 6.62. The number of para-hydroxylation sites is 1. The summed E-state index contributed by atoms with van der Waals surface area (Å²) in [4.78, 5) is 13.7. The fraction of sp³-hybridized carbons (Fsp3) is 0.533. The van der Waals surface area contributed by atoms with Crippen molar-refractivity contribution in [3.8, 4) is 5.75 Å². The number of hydrogen-bond acceptors (Lipinski definition) is 3. The van der Waals surface area contributed by atoms with Crippen molar-refractivity contribution < 1.29 is 9.53 Å². The van der Waals surface area contributed by atoms with Gasteiger partial charge in [-0.05, 0) is 25.5 Å². The molecule has 1 amide bonds. The maximum absolute atomic E-state index is 12.0. The van der Waals surface area contributed by atoms with Crippen molar-refractivity contribution >= 4 is 5.91 Å². The van der Waals surface area contributed by atoms with Crippen LogP contribution in [-0.4, -0.2) is 37.0 Å². The number of likely N-dealkylation sites (N-methyl/N-ethyl adjacent to an activating group) is 1. The average Bonchev–Trinajstić information content (AvgIpc) is 2.38. The smallest absolute Gasteiger partial charge is 0.226 e. The van der Waals surface area contributed by atoms with Gasteiger partial charge < -0.3 is 15.4 Å². The molecule has 4 nitrogen and oxygen atoms in total. The van der Waals surface area contributed by atoms with Gasteiger partial charge in [0.25, 0.3) is 0 Å². The second-order valence-electron chi connectivity index (χ2n) is 5.02. The van der Waals surface area contributed by atoms with Gasteiger partial charge in [-0.3, -0.25) is 4.79 Å². The largest absolute Gasteiger partial charge is 0.491 e. The molecular weight excluding hydrogens is 240 g/mol. The lowest BCUT2D eigenvalue weighted by Gasteiger charge is -2.23. The van der Waals surface area contributed by atoms with Crippen LogP contribution in [0.2, 0.25) is 0 Å². The van der Waals surface area contributed by atoms with Crippen molar-refractivity contribution in [1.82, 2.24) is 4.90 Å². The number of carbonyl (C=O) groups excluding carboxylic acids is 1. The minimum absolute atomic E-state index is 0.0587. The summed E-state index contributed by atoms with van der Waals surface area (Å²) in [6.45, 7) is 6.75. The second-order valence-corrected chi connectivity index (χ2v) is 5.02. The van der Waals surface area contributed by atoms with E-state index in [1.807, 2.05) is 45.0 Å². The Balaban J connectivity index is 2.41. The second kappa shape index (κ2) is 7.14. The Bertz CT molecular complexity index is 418. The van der Waals surface area contributed by atoms with Crippen molar-refractivity contribution in [3.63, 3.8) is 0 Å². The molecule has 0 fully saturated rings. The highest BCUT2D eigenvalue weighted by Gasteiger charge is 2.20. The van der Waals surface area contributed by atoms with Crippen LogP contribution in [0.4, 0.5) is 0 Å². The molecule has 1 aromatic carbocycles. The third kappa shape index (κ3) is 4.56. The number of carbonyl (C=O) groups is 1. The number of amides is 1. The maximum Gasteiger partial charge on any atom is 0.226 e. The number of hydrogen-bond donors (Lipinski definition) is 1. The Morgan fingerprint density at radius 3 is 2.58 bits per heavy atom. The molecule has 0 aliphatic heterocycles. The summed E-state index contributed by atoms with van der Waals surface area (Å²) in [5.41, 5.74) is 6.83. The van der Waals surface area contributed by atoms with Crippen molar-refractivity contribution in [2.45, 2.75) is 26.8 Å². The predicted octanol–water partition coefficient (Wildman–Crippen LogP) is 1.82. The van der Waals surface area contributed by atoms with Crippen molar-refractivity contribution in [1.29, 1.82) is 0 Å². The summed E-state index contributed by atoms with van der Waals surface area (Å²) in [7, 11) is 1.78. The van der Waals surface area contributed by atoms with Crippen molar-refractivity contribution in [2.75, 3.05) is 20.2 Å². The van der Waals surface area contributed by atoms with Gasteiger partial charge in [0.2, 0.25) is 5.91 Å². The van der Waals surface area contributed by atoms with E-state index in [1.54, 1.807) is 11.9 Å². The van der Waals surface area contributed by atoms with Gasteiger partial charge in [0.05, 0.1) is 12.5 Å². The molecule has 0 radical (unpaired) electrons. The monoisotopic (exact) mass is 264 g/mol. The van der Waals surface area contributed by atoms with Gasteiger partial charge in [-0.1, -0.05) is 25.1 Å². The molecule has 2 N–H and O–H groups in total. The molecule has 1 rings (SSSR count). The fourth-order valence-corrected chi connectivity index (χ4v) is 1.69. The van der Waals surface area contributed by atoms with Crippen LogP contribution in [0.15, 0.2) is 24.3 Å². The summed E-state index contributed by atoms with van der Waals surface area (Å²) in [5, 5.41) is 0. The highest BCUT2D eigenvalue weighted by atomic mass is 16.5. The molecule has 0 saturated heterocycles. The van der Waals surface area contributed by atoms with Gasteiger partial charge in [0, 0.05) is 13.1 Å². The standard InChI is InChI=1S/C15H24N2O2/c1-11-7-5-6-8-14(11)19-10-9-17(4)15(18)12(2)13(3)16/h5-8,12-13H,9-10,16H2,1-4H3. The highest BCUT2D eigenvalue weighted by molar-refractivity contribution is 5.78. The van der Waals surface area contributed by atoms with Gasteiger partial charge in [0.1, 0.15) is 12.4 Å². The summed E-state index contributed by atoms with van der Waals surface area (Å²) < 4.78 is 5.67. The maximum atomic E-state index is 12.0. The zero-order chi connectivity index (χ0) is 14.4. The number of nitrogens with zero attached hydrogens (tertiary/aromatic N) is 1. The molecule has 0 heterocycles. The number of nitrogens with two attached hydrogens (primary N) is 1. The first-order chi connectivity index (χ1) is 8.93. The van der Waals surface area contributed by atoms with Gasteiger partial charge >= 0.3 is 0 Å². The van der Waals surface area contributed by atoms with Crippen LogP contribution in [0.1, 0.15) is 19.4 Å². The molecule has 0 aliphatic carbocycles. The van der Waals surface area contributed by atoms with E-state index in [4.69, 9.17) is 10.5 Å². The Hall–Kier alpha value is -1.55. The summed E-state index contributed by atoms with van der Waals surface area (Å²) >= 11 is 0. The molecule has 2 atom stereocenters. The van der Waals surface area contributed by atoms with E-state index >= 15 is 0 Å².